The van der Waals surface area contributed by atoms with E-state index in [1.54, 1.807) is 19.2 Å². The van der Waals surface area contributed by atoms with Crippen LogP contribution in [0.4, 0.5) is 4.79 Å². The molecule has 27 heavy (non-hydrogen) atoms. The fraction of sp³-hybridized carbons (Fsp3) is 0.316. The molecule has 0 aliphatic heterocycles. The van der Waals surface area contributed by atoms with E-state index in [-0.39, 0.29) is 43.9 Å². The Labute approximate surface area is 157 Å². The number of furan rings is 1. The molecule has 0 aliphatic rings. The second kappa shape index (κ2) is 10.6. The van der Waals surface area contributed by atoms with Crippen molar-refractivity contribution < 1.29 is 18.8 Å². The van der Waals surface area contributed by atoms with Crippen molar-refractivity contribution in [3.63, 3.8) is 0 Å². The van der Waals surface area contributed by atoms with Gasteiger partial charge in [-0.3, -0.25) is 9.59 Å². The van der Waals surface area contributed by atoms with E-state index in [4.69, 9.17) is 4.42 Å². The fourth-order valence-corrected chi connectivity index (χ4v) is 2.27. The van der Waals surface area contributed by atoms with Gasteiger partial charge in [-0.05, 0) is 17.7 Å². The summed E-state index contributed by atoms with van der Waals surface area (Å²) < 4.78 is 5.12. The van der Waals surface area contributed by atoms with Crippen molar-refractivity contribution in [3.8, 4) is 0 Å². The summed E-state index contributed by atoms with van der Waals surface area (Å²) in [5.41, 5.74) is 0.990. The Morgan fingerprint density at radius 2 is 1.74 bits per heavy atom. The number of carbonyl (C=O) groups is 3. The molecule has 0 atom stereocenters. The Balaban J connectivity index is 1.58. The number of hydrogen-bond acceptors (Lipinski definition) is 4. The van der Waals surface area contributed by atoms with Gasteiger partial charge in [-0.1, -0.05) is 30.3 Å². The first kappa shape index (κ1) is 20.0. The summed E-state index contributed by atoms with van der Waals surface area (Å²) in [6.45, 7) is 0.824. The van der Waals surface area contributed by atoms with Crippen LogP contribution < -0.4 is 16.0 Å². The predicted molar refractivity (Wildman–Crippen MR) is 99.5 cm³/mol. The second-order valence-electron chi connectivity index (χ2n) is 5.95. The average Bonchev–Trinajstić information content (AvgIpc) is 3.19. The molecule has 0 radical (unpaired) electrons. The lowest BCUT2D eigenvalue weighted by Gasteiger charge is -2.17. The zero-order valence-electron chi connectivity index (χ0n) is 15.2. The van der Waals surface area contributed by atoms with E-state index in [1.807, 2.05) is 30.3 Å². The maximum absolute atomic E-state index is 12.0. The van der Waals surface area contributed by atoms with Gasteiger partial charge in [-0.25, -0.2) is 4.79 Å². The molecule has 3 N–H and O–H groups in total. The zero-order chi connectivity index (χ0) is 19.5. The highest BCUT2D eigenvalue weighted by molar-refractivity contribution is 5.85. The minimum Gasteiger partial charge on any atom is -0.467 e. The number of benzene rings is 1. The molecule has 1 aromatic carbocycles. The van der Waals surface area contributed by atoms with Crippen LogP contribution in [0, 0.1) is 0 Å². The SMILES string of the molecule is CN(CC(=O)NCc1ccco1)C(=O)CCNC(=O)NCc1ccccc1. The minimum absolute atomic E-state index is 0.0558. The van der Waals surface area contributed by atoms with Gasteiger partial charge in [0.25, 0.3) is 0 Å². The van der Waals surface area contributed by atoms with Crippen molar-refractivity contribution in [3.05, 3.63) is 60.1 Å². The maximum atomic E-state index is 12.0. The van der Waals surface area contributed by atoms with Crippen molar-refractivity contribution in [1.29, 1.82) is 0 Å². The molecule has 8 nitrogen and oxygen atoms in total. The largest absolute Gasteiger partial charge is 0.467 e. The van der Waals surface area contributed by atoms with E-state index in [9.17, 15) is 14.4 Å². The van der Waals surface area contributed by atoms with Gasteiger partial charge in [0.05, 0.1) is 19.4 Å². The topological polar surface area (TPSA) is 104 Å². The Hall–Kier alpha value is -3.29. The van der Waals surface area contributed by atoms with E-state index in [1.165, 1.54) is 11.2 Å². The molecule has 2 rings (SSSR count). The number of nitrogens with one attached hydrogen (secondary N) is 3. The van der Waals surface area contributed by atoms with E-state index in [0.29, 0.717) is 12.3 Å². The molecule has 1 heterocycles. The lowest BCUT2D eigenvalue weighted by atomic mass is 10.2. The smallest absolute Gasteiger partial charge is 0.315 e. The standard InChI is InChI=1S/C19H24N4O4/c1-23(14-17(24)21-13-16-8-5-11-27-16)18(25)9-10-20-19(26)22-12-15-6-3-2-4-7-15/h2-8,11H,9-10,12-14H2,1H3,(H,21,24)(H2,20,22,26). The molecule has 144 valence electrons. The lowest BCUT2D eigenvalue weighted by molar-refractivity contribution is -0.134. The van der Waals surface area contributed by atoms with Crippen molar-refractivity contribution in [2.75, 3.05) is 20.1 Å². The number of amides is 4. The quantitative estimate of drug-likeness (QED) is 0.616. The summed E-state index contributed by atoms with van der Waals surface area (Å²) in [5, 5.41) is 8.01. The molecule has 2 aromatic rings. The molecule has 1 aromatic heterocycles. The van der Waals surface area contributed by atoms with Crippen LogP contribution in [-0.4, -0.2) is 42.9 Å². The van der Waals surface area contributed by atoms with Crippen LogP contribution in [0.2, 0.25) is 0 Å². The summed E-state index contributed by atoms with van der Waals surface area (Å²) in [6, 6.07) is 12.7. The van der Waals surface area contributed by atoms with Gasteiger partial charge < -0.3 is 25.3 Å². The molecule has 0 fully saturated rings. The predicted octanol–water partition coefficient (Wildman–Crippen LogP) is 1.24. The highest BCUT2D eigenvalue weighted by Crippen LogP contribution is 1.99. The number of carbonyl (C=O) groups excluding carboxylic acids is 3. The van der Waals surface area contributed by atoms with E-state index in [0.717, 1.165) is 5.56 Å². The van der Waals surface area contributed by atoms with Crippen LogP contribution >= 0.6 is 0 Å². The molecule has 8 heteroatoms. The Bertz CT molecular complexity index is 731. The summed E-state index contributed by atoms with van der Waals surface area (Å²) >= 11 is 0. The lowest BCUT2D eigenvalue weighted by Crippen LogP contribution is -2.40. The van der Waals surface area contributed by atoms with Crippen LogP contribution in [0.3, 0.4) is 0 Å². The summed E-state index contributed by atoms with van der Waals surface area (Å²) in [4.78, 5) is 36.9. The van der Waals surface area contributed by atoms with E-state index in [2.05, 4.69) is 16.0 Å². The molecular formula is C19H24N4O4. The third-order valence-corrected chi connectivity index (χ3v) is 3.77. The number of nitrogens with zero attached hydrogens (tertiary/aromatic N) is 1. The summed E-state index contributed by atoms with van der Waals surface area (Å²) in [7, 11) is 1.55. The van der Waals surface area contributed by atoms with Crippen LogP contribution in [0.15, 0.2) is 53.1 Å². The van der Waals surface area contributed by atoms with Crippen LogP contribution in [0.1, 0.15) is 17.7 Å². The first-order chi connectivity index (χ1) is 13.0. The second-order valence-corrected chi connectivity index (χ2v) is 5.95. The Morgan fingerprint density at radius 3 is 2.44 bits per heavy atom. The van der Waals surface area contributed by atoms with Gasteiger partial charge in [0.2, 0.25) is 11.8 Å². The molecule has 0 aliphatic carbocycles. The zero-order valence-corrected chi connectivity index (χ0v) is 15.2. The number of likely N-dealkylation sites (N-methyl/N-ethyl adjacent to an activating group) is 1. The molecule has 0 saturated carbocycles. The molecule has 0 saturated heterocycles. The van der Waals surface area contributed by atoms with Gasteiger partial charge in [0, 0.05) is 26.6 Å². The molecular weight excluding hydrogens is 348 g/mol. The van der Waals surface area contributed by atoms with Crippen molar-refractivity contribution in [2.45, 2.75) is 19.5 Å². The third kappa shape index (κ3) is 7.64. The first-order valence-electron chi connectivity index (χ1n) is 8.63. The normalized spacial score (nSPS) is 10.1. The van der Waals surface area contributed by atoms with E-state index >= 15 is 0 Å². The van der Waals surface area contributed by atoms with Gasteiger partial charge >= 0.3 is 6.03 Å². The number of hydrogen-bond donors (Lipinski definition) is 3. The molecule has 0 unspecified atom stereocenters. The highest BCUT2D eigenvalue weighted by atomic mass is 16.3. The maximum Gasteiger partial charge on any atom is 0.315 e. The fourth-order valence-electron chi connectivity index (χ4n) is 2.27. The van der Waals surface area contributed by atoms with Gasteiger partial charge in [-0.2, -0.15) is 0 Å². The monoisotopic (exact) mass is 372 g/mol. The Morgan fingerprint density at radius 1 is 0.963 bits per heavy atom. The van der Waals surface area contributed by atoms with Gasteiger partial charge in [0.1, 0.15) is 5.76 Å². The molecule has 4 amide bonds. The third-order valence-electron chi connectivity index (χ3n) is 3.77. The van der Waals surface area contributed by atoms with Crippen molar-refractivity contribution in [2.24, 2.45) is 0 Å². The summed E-state index contributed by atoms with van der Waals surface area (Å²) in [5.74, 6) is 0.130. The first-order valence-corrected chi connectivity index (χ1v) is 8.63. The van der Waals surface area contributed by atoms with E-state index < -0.39 is 0 Å². The van der Waals surface area contributed by atoms with Gasteiger partial charge in [0.15, 0.2) is 0 Å². The summed E-state index contributed by atoms with van der Waals surface area (Å²) in [6.07, 6.45) is 1.64. The number of urea groups is 1. The molecule has 0 bridgehead atoms. The average molecular weight is 372 g/mol. The van der Waals surface area contributed by atoms with Crippen LogP contribution in [0.25, 0.3) is 0 Å². The minimum atomic E-state index is -0.342. The van der Waals surface area contributed by atoms with Crippen molar-refractivity contribution >= 4 is 17.8 Å². The number of rotatable bonds is 9. The van der Waals surface area contributed by atoms with Gasteiger partial charge in [-0.15, -0.1) is 0 Å². The van der Waals surface area contributed by atoms with Crippen LogP contribution in [0.5, 0.6) is 0 Å². The van der Waals surface area contributed by atoms with Crippen LogP contribution in [-0.2, 0) is 22.7 Å². The Kier molecular flexibility index (Phi) is 7.90. The highest BCUT2D eigenvalue weighted by Gasteiger charge is 2.13. The van der Waals surface area contributed by atoms with Crippen molar-refractivity contribution in [1.82, 2.24) is 20.9 Å². The molecule has 0 spiro atoms.